The van der Waals surface area contributed by atoms with E-state index in [-0.39, 0.29) is 5.41 Å². The van der Waals surface area contributed by atoms with Crippen LogP contribution in [-0.2, 0) is 5.41 Å². The summed E-state index contributed by atoms with van der Waals surface area (Å²) >= 11 is 6.15. The van der Waals surface area contributed by atoms with Gasteiger partial charge in [-0.05, 0) is 36.5 Å². The first-order valence-corrected chi connectivity index (χ1v) is 5.12. The molecule has 1 nitrogen and oxygen atoms in total. The van der Waals surface area contributed by atoms with Crippen LogP contribution in [0.15, 0.2) is 6.07 Å². The van der Waals surface area contributed by atoms with Crippen molar-refractivity contribution in [2.75, 3.05) is 0 Å². The summed E-state index contributed by atoms with van der Waals surface area (Å²) < 4.78 is 0. The Morgan fingerprint density at radius 3 is 2.14 bits per heavy atom. The number of rotatable bonds is 0. The molecule has 0 bridgehead atoms. The van der Waals surface area contributed by atoms with Crippen LogP contribution in [0.1, 0.15) is 37.5 Å². The van der Waals surface area contributed by atoms with Crippen molar-refractivity contribution in [3.63, 3.8) is 0 Å². The first kappa shape index (κ1) is 11.4. The van der Waals surface area contributed by atoms with Crippen LogP contribution in [0.5, 0.6) is 5.75 Å². The highest BCUT2D eigenvalue weighted by Crippen LogP contribution is 2.38. The summed E-state index contributed by atoms with van der Waals surface area (Å²) in [6.07, 6.45) is 0. The summed E-state index contributed by atoms with van der Waals surface area (Å²) in [5, 5.41) is 10.6. The zero-order valence-electron chi connectivity index (χ0n) is 9.40. The molecule has 0 aliphatic rings. The summed E-state index contributed by atoms with van der Waals surface area (Å²) in [5.74, 6) is 0.344. The molecule has 0 radical (unpaired) electrons. The fourth-order valence-electron chi connectivity index (χ4n) is 1.88. The summed E-state index contributed by atoms with van der Waals surface area (Å²) in [6.45, 7) is 10.1. The van der Waals surface area contributed by atoms with Gasteiger partial charge in [-0.25, -0.2) is 0 Å². The van der Waals surface area contributed by atoms with Gasteiger partial charge in [-0.2, -0.15) is 0 Å². The van der Waals surface area contributed by atoms with Crippen LogP contribution in [0.25, 0.3) is 0 Å². The third kappa shape index (κ3) is 1.88. The lowest BCUT2D eigenvalue weighted by atomic mass is 9.83. The Bertz CT molecular complexity index is 362. The van der Waals surface area contributed by atoms with E-state index in [2.05, 4.69) is 20.8 Å². The minimum atomic E-state index is -0.0779. The maximum atomic E-state index is 9.87. The molecule has 0 unspecified atom stereocenters. The van der Waals surface area contributed by atoms with E-state index >= 15 is 0 Å². The molecule has 78 valence electrons. The normalized spacial score (nSPS) is 11.9. The molecule has 0 aliphatic heterocycles. The maximum absolute atomic E-state index is 9.87. The zero-order chi connectivity index (χ0) is 11.1. The monoisotopic (exact) mass is 212 g/mol. The topological polar surface area (TPSA) is 20.2 Å². The van der Waals surface area contributed by atoms with Crippen LogP contribution in [0, 0.1) is 13.8 Å². The second kappa shape index (κ2) is 3.47. The molecular formula is C12H17ClO. The molecule has 0 saturated carbocycles. The van der Waals surface area contributed by atoms with Crippen LogP contribution in [-0.4, -0.2) is 5.11 Å². The predicted molar refractivity (Wildman–Crippen MR) is 61.3 cm³/mol. The van der Waals surface area contributed by atoms with Crippen LogP contribution < -0.4 is 0 Å². The van der Waals surface area contributed by atoms with Gasteiger partial charge < -0.3 is 5.11 Å². The molecule has 1 rings (SSSR count). The largest absolute Gasteiger partial charge is 0.508 e. The number of phenols is 1. The van der Waals surface area contributed by atoms with E-state index < -0.39 is 0 Å². The Hall–Kier alpha value is -0.690. The molecule has 2 heteroatoms. The molecule has 0 spiro atoms. The van der Waals surface area contributed by atoms with Crippen molar-refractivity contribution < 1.29 is 5.11 Å². The fourth-order valence-corrected chi connectivity index (χ4v) is 2.03. The van der Waals surface area contributed by atoms with Gasteiger partial charge in [0.1, 0.15) is 5.75 Å². The lowest BCUT2D eigenvalue weighted by Crippen LogP contribution is -2.14. The highest BCUT2D eigenvalue weighted by Gasteiger charge is 2.22. The minimum absolute atomic E-state index is 0.0779. The Morgan fingerprint density at radius 1 is 1.21 bits per heavy atom. The molecule has 0 aromatic heterocycles. The number of aryl methyl sites for hydroxylation is 1. The van der Waals surface area contributed by atoms with Crippen molar-refractivity contribution in [3.8, 4) is 5.75 Å². The van der Waals surface area contributed by atoms with Crippen molar-refractivity contribution in [1.82, 2.24) is 0 Å². The summed E-state index contributed by atoms with van der Waals surface area (Å²) in [5.41, 5.74) is 2.77. The Balaban J connectivity index is 3.53. The number of halogens is 1. The molecule has 0 amide bonds. The van der Waals surface area contributed by atoms with E-state index in [1.807, 2.05) is 13.8 Å². The number of hydrogen-bond acceptors (Lipinski definition) is 1. The van der Waals surface area contributed by atoms with Gasteiger partial charge in [0.2, 0.25) is 0 Å². The first-order valence-electron chi connectivity index (χ1n) is 4.74. The SMILES string of the molecule is Cc1cc(O)c(C(C)(C)C)c(C)c1Cl. The van der Waals surface area contributed by atoms with Crippen molar-refractivity contribution in [3.05, 3.63) is 27.8 Å². The summed E-state index contributed by atoms with van der Waals surface area (Å²) in [6, 6.07) is 1.73. The van der Waals surface area contributed by atoms with Gasteiger partial charge in [0.05, 0.1) is 0 Å². The second-order valence-electron chi connectivity index (χ2n) is 4.78. The van der Waals surface area contributed by atoms with E-state index in [1.54, 1.807) is 6.07 Å². The van der Waals surface area contributed by atoms with Gasteiger partial charge in [0, 0.05) is 10.6 Å². The standard InChI is InChI=1S/C12H17ClO/c1-7-6-9(14)10(12(3,4)5)8(2)11(7)13/h6,14H,1-5H3. The molecule has 0 saturated heterocycles. The molecule has 1 aromatic carbocycles. The molecule has 0 aliphatic carbocycles. The second-order valence-corrected chi connectivity index (χ2v) is 5.15. The first-order chi connectivity index (χ1) is 6.25. The summed E-state index contributed by atoms with van der Waals surface area (Å²) in [7, 11) is 0. The molecule has 0 heterocycles. The van der Waals surface area contributed by atoms with Crippen LogP contribution in [0.2, 0.25) is 5.02 Å². The lowest BCUT2D eigenvalue weighted by molar-refractivity contribution is 0.445. The number of hydrogen-bond donors (Lipinski definition) is 1. The lowest BCUT2D eigenvalue weighted by Gasteiger charge is -2.24. The van der Waals surface area contributed by atoms with E-state index in [0.29, 0.717) is 5.75 Å². The smallest absolute Gasteiger partial charge is 0.119 e. The van der Waals surface area contributed by atoms with Gasteiger partial charge in [0.25, 0.3) is 0 Å². The Morgan fingerprint density at radius 2 is 1.71 bits per heavy atom. The number of benzene rings is 1. The van der Waals surface area contributed by atoms with Crippen molar-refractivity contribution in [2.24, 2.45) is 0 Å². The fraction of sp³-hybridized carbons (Fsp3) is 0.500. The zero-order valence-corrected chi connectivity index (χ0v) is 10.2. The van der Waals surface area contributed by atoms with Crippen molar-refractivity contribution in [2.45, 2.75) is 40.0 Å². The minimum Gasteiger partial charge on any atom is -0.508 e. The Labute approximate surface area is 90.7 Å². The van der Waals surface area contributed by atoms with Gasteiger partial charge in [-0.1, -0.05) is 32.4 Å². The van der Waals surface area contributed by atoms with E-state index in [4.69, 9.17) is 11.6 Å². The highest BCUT2D eigenvalue weighted by molar-refractivity contribution is 6.32. The van der Waals surface area contributed by atoms with E-state index in [1.165, 1.54) is 0 Å². The van der Waals surface area contributed by atoms with Gasteiger partial charge in [-0.15, -0.1) is 0 Å². The molecule has 14 heavy (non-hydrogen) atoms. The average Bonchev–Trinajstić information content (AvgIpc) is 1.97. The van der Waals surface area contributed by atoms with E-state index in [0.717, 1.165) is 21.7 Å². The number of aromatic hydroxyl groups is 1. The van der Waals surface area contributed by atoms with Gasteiger partial charge in [-0.3, -0.25) is 0 Å². The molecule has 1 N–H and O–H groups in total. The van der Waals surface area contributed by atoms with Gasteiger partial charge in [0.15, 0.2) is 0 Å². The van der Waals surface area contributed by atoms with Crippen LogP contribution >= 0.6 is 11.6 Å². The van der Waals surface area contributed by atoms with E-state index in [9.17, 15) is 5.11 Å². The third-order valence-corrected chi connectivity index (χ3v) is 2.99. The Kier molecular flexibility index (Phi) is 2.82. The van der Waals surface area contributed by atoms with Gasteiger partial charge >= 0.3 is 0 Å². The highest BCUT2D eigenvalue weighted by atomic mass is 35.5. The number of phenolic OH excluding ortho intramolecular Hbond substituents is 1. The van der Waals surface area contributed by atoms with Crippen LogP contribution in [0.3, 0.4) is 0 Å². The maximum Gasteiger partial charge on any atom is 0.119 e. The molecule has 0 atom stereocenters. The average molecular weight is 213 g/mol. The van der Waals surface area contributed by atoms with Crippen LogP contribution in [0.4, 0.5) is 0 Å². The predicted octanol–water partition coefficient (Wildman–Crippen LogP) is 3.96. The summed E-state index contributed by atoms with van der Waals surface area (Å²) in [4.78, 5) is 0. The molecule has 0 fully saturated rings. The van der Waals surface area contributed by atoms with Crippen molar-refractivity contribution in [1.29, 1.82) is 0 Å². The quantitative estimate of drug-likeness (QED) is 0.690. The molecular weight excluding hydrogens is 196 g/mol. The molecule has 1 aromatic rings. The van der Waals surface area contributed by atoms with Crippen molar-refractivity contribution >= 4 is 11.6 Å². The third-order valence-electron chi connectivity index (χ3n) is 2.41.